The smallest absolute Gasteiger partial charge is 0.264 e. The molecule has 2 aromatic carbocycles. The Morgan fingerprint density at radius 3 is 2.56 bits per heavy atom. The first-order chi connectivity index (χ1) is 23.4. The number of anilines is 2. The van der Waals surface area contributed by atoms with Crippen LogP contribution in [0.15, 0.2) is 54.7 Å². The molecule has 7 rings (SSSR count). The summed E-state index contributed by atoms with van der Waals surface area (Å²) < 4.78 is 7.67. The molecule has 0 radical (unpaired) electrons. The highest BCUT2D eigenvalue weighted by molar-refractivity contribution is 6.25. The van der Waals surface area contributed by atoms with Gasteiger partial charge in [-0.3, -0.25) is 38.6 Å². The minimum atomic E-state index is -1.02. The standard InChI is InChI=1S/C34H36N8O6/c43-28-9-8-26(31(45)39-28)42-32(46)22-4-3-6-24(30(22)33(42)47)35-13-18-48-19-14-36-29(44)20-21-10-15-40(16-11-21)27-12-17-41-25-7-2-1-5-23(25)37-34(41)38-27/h1-7,12,17,21,26,35H,8-11,13-16,18-20H2,(H,36,44)(H,39,43,45). The molecule has 5 heterocycles. The van der Waals surface area contributed by atoms with Gasteiger partial charge in [-0.15, -0.1) is 0 Å². The molecule has 2 fully saturated rings. The molecule has 4 aromatic rings. The summed E-state index contributed by atoms with van der Waals surface area (Å²) in [5.74, 6) is -0.293. The summed E-state index contributed by atoms with van der Waals surface area (Å²) in [5, 5.41) is 8.28. The van der Waals surface area contributed by atoms with E-state index < -0.39 is 29.7 Å². The van der Waals surface area contributed by atoms with Gasteiger partial charge in [-0.25, -0.2) is 4.98 Å². The minimum Gasteiger partial charge on any atom is -0.382 e. The zero-order chi connectivity index (χ0) is 33.2. The van der Waals surface area contributed by atoms with E-state index in [-0.39, 0.29) is 29.9 Å². The van der Waals surface area contributed by atoms with Crippen molar-refractivity contribution in [3.8, 4) is 0 Å². The molecule has 2 aromatic heterocycles. The number of nitrogens with one attached hydrogen (secondary N) is 3. The minimum absolute atomic E-state index is 0.00221. The van der Waals surface area contributed by atoms with Crippen molar-refractivity contribution in [1.29, 1.82) is 0 Å². The van der Waals surface area contributed by atoms with Crippen LogP contribution in [0.2, 0.25) is 0 Å². The Kier molecular flexibility index (Phi) is 8.72. The van der Waals surface area contributed by atoms with Crippen LogP contribution in [0.25, 0.3) is 16.8 Å². The lowest BCUT2D eigenvalue weighted by atomic mass is 9.93. The van der Waals surface area contributed by atoms with E-state index in [9.17, 15) is 24.0 Å². The number of benzene rings is 2. The van der Waals surface area contributed by atoms with Gasteiger partial charge >= 0.3 is 0 Å². The van der Waals surface area contributed by atoms with Crippen LogP contribution >= 0.6 is 0 Å². The van der Waals surface area contributed by atoms with Crippen LogP contribution in [0.4, 0.5) is 11.5 Å². The number of para-hydroxylation sites is 2. The number of ether oxygens (including phenoxy) is 1. The van der Waals surface area contributed by atoms with Crippen molar-refractivity contribution in [1.82, 2.24) is 29.9 Å². The summed E-state index contributed by atoms with van der Waals surface area (Å²) >= 11 is 0. The number of imide groups is 2. The predicted molar refractivity (Wildman–Crippen MR) is 175 cm³/mol. The number of piperidine rings is 2. The maximum Gasteiger partial charge on any atom is 0.264 e. The first kappa shape index (κ1) is 31.2. The van der Waals surface area contributed by atoms with Gasteiger partial charge in [0.1, 0.15) is 11.9 Å². The van der Waals surface area contributed by atoms with Crippen LogP contribution in [0.3, 0.4) is 0 Å². The number of nitrogens with zero attached hydrogens (tertiary/aromatic N) is 5. The molecule has 248 valence electrons. The average molecular weight is 653 g/mol. The second-order valence-electron chi connectivity index (χ2n) is 12.3. The van der Waals surface area contributed by atoms with Crippen molar-refractivity contribution in [3.05, 3.63) is 65.9 Å². The monoisotopic (exact) mass is 652 g/mol. The summed E-state index contributed by atoms with van der Waals surface area (Å²) in [6.07, 6.45) is 4.45. The maximum absolute atomic E-state index is 13.2. The Hall–Kier alpha value is -5.37. The summed E-state index contributed by atoms with van der Waals surface area (Å²) in [6, 6.07) is 13.9. The van der Waals surface area contributed by atoms with E-state index in [1.807, 2.05) is 40.9 Å². The van der Waals surface area contributed by atoms with Crippen molar-refractivity contribution >= 4 is 57.9 Å². The summed E-state index contributed by atoms with van der Waals surface area (Å²) in [7, 11) is 0. The molecule has 14 heteroatoms. The number of hydrogen-bond donors (Lipinski definition) is 3. The molecule has 0 spiro atoms. The molecular weight excluding hydrogens is 616 g/mol. The van der Waals surface area contributed by atoms with Gasteiger partial charge in [0.25, 0.3) is 11.8 Å². The van der Waals surface area contributed by atoms with Crippen molar-refractivity contribution in [2.45, 2.75) is 38.1 Å². The van der Waals surface area contributed by atoms with E-state index in [4.69, 9.17) is 9.72 Å². The number of imidazole rings is 1. The molecule has 2 saturated heterocycles. The van der Waals surface area contributed by atoms with Gasteiger partial charge in [-0.05, 0) is 55.5 Å². The largest absolute Gasteiger partial charge is 0.382 e. The van der Waals surface area contributed by atoms with Gasteiger partial charge in [0, 0.05) is 50.9 Å². The number of hydrogen-bond acceptors (Lipinski definition) is 10. The van der Waals surface area contributed by atoms with Crippen molar-refractivity contribution in [2.75, 3.05) is 49.6 Å². The van der Waals surface area contributed by atoms with E-state index in [2.05, 4.69) is 25.8 Å². The summed E-state index contributed by atoms with van der Waals surface area (Å²) in [5.41, 5.74) is 2.84. The van der Waals surface area contributed by atoms with Crippen molar-refractivity contribution < 1.29 is 28.7 Å². The number of amides is 5. The molecule has 0 aliphatic carbocycles. The van der Waals surface area contributed by atoms with Crippen LogP contribution < -0.4 is 20.9 Å². The van der Waals surface area contributed by atoms with E-state index in [1.54, 1.807) is 18.2 Å². The molecule has 5 amide bonds. The predicted octanol–water partition coefficient (Wildman–Crippen LogP) is 2.14. The normalized spacial score (nSPS) is 18.5. The van der Waals surface area contributed by atoms with Gasteiger partial charge in [0.05, 0.1) is 35.4 Å². The zero-order valence-corrected chi connectivity index (χ0v) is 26.3. The Morgan fingerprint density at radius 2 is 1.73 bits per heavy atom. The SMILES string of the molecule is O=C(CC1CCN(c2ccn3c(n2)nc2ccccc23)CC1)NCCOCCNc1cccc2c1C(=O)N(C1CCC(=O)NC1=O)C2=O. The molecule has 1 unspecified atom stereocenters. The number of aromatic nitrogens is 3. The van der Waals surface area contributed by atoms with Gasteiger partial charge in [0.15, 0.2) is 0 Å². The van der Waals surface area contributed by atoms with Crippen LogP contribution in [-0.4, -0.2) is 94.2 Å². The second-order valence-corrected chi connectivity index (χ2v) is 12.3. The fourth-order valence-electron chi connectivity index (χ4n) is 6.70. The molecule has 14 nitrogen and oxygen atoms in total. The van der Waals surface area contributed by atoms with Gasteiger partial charge in [-0.1, -0.05) is 18.2 Å². The average Bonchev–Trinajstić information content (AvgIpc) is 3.58. The first-order valence-corrected chi connectivity index (χ1v) is 16.3. The van der Waals surface area contributed by atoms with E-state index in [0.29, 0.717) is 50.1 Å². The number of carbonyl (C=O) groups excluding carboxylic acids is 5. The molecular formula is C34H36N8O6. The highest BCUT2D eigenvalue weighted by Crippen LogP contribution is 2.32. The lowest BCUT2D eigenvalue weighted by Gasteiger charge is -2.32. The van der Waals surface area contributed by atoms with Crippen LogP contribution in [0, 0.1) is 5.92 Å². The molecule has 3 N–H and O–H groups in total. The fraction of sp³-hybridized carbons (Fsp3) is 0.382. The molecule has 0 bridgehead atoms. The Bertz CT molecular complexity index is 1920. The van der Waals surface area contributed by atoms with Crippen molar-refractivity contribution in [3.63, 3.8) is 0 Å². The molecule has 48 heavy (non-hydrogen) atoms. The third kappa shape index (κ3) is 6.18. The number of fused-ring (bicyclic) bond motifs is 4. The van der Waals surface area contributed by atoms with Crippen molar-refractivity contribution in [2.24, 2.45) is 5.92 Å². The highest BCUT2D eigenvalue weighted by Gasteiger charge is 2.45. The molecule has 3 aliphatic heterocycles. The third-order valence-corrected chi connectivity index (χ3v) is 9.18. The lowest BCUT2D eigenvalue weighted by Crippen LogP contribution is -2.54. The van der Waals surface area contributed by atoms with Crippen LogP contribution in [0.1, 0.15) is 52.8 Å². The second kappa shape index (κ2) is 13.4. The van der Waals surface area contributed by atoms with Gasteiger partial charge < -0.3 is 20.3 Å². The van der Waals surface area contributed by atoms with Gasteiger partial charge in [0.2, 0.25) is 23.5 Å². The molecule has 3 aliphatic rings. The number of carbonyl (C=O) groups is 5. The van der Waals surface area contributed by atoms with Gasteiger partial charge in [-0.2, -0.15) is 4.98 Å². The third-order valence-electron chi connectivity index (χ3n) is 9.18. The molecule has 0 saturated carbocycles. The van der Waals surface area contributed by atoms with Crippen LogP contribution in [-0.2, 0) is 19.1 Å². The van der Waals surface area contributed by atoms with E-state index in [1.165, 1.54) is 0 Å². The Balaban J connectivity index is 0.807. The topological polar surface area (TPSA) is 167 Å². The highest BCUT2D eigenvalue weighted by atomic mass is 16.5. The zero-order valence-electron chi connectivity index (χ0n) is 26.3. The van der Waals surface area contributed by atoms with Crippen LogP contribution in [0.5, 0.6) is 0 Å². The maximum atomic E-state index is 13.2. The van der Waals surface area contributed by atoms with E-state index >= 15 is 0 Å². The molecule has 1 atom stereocenters. The lowest BCUT2D eigenvalue weighted by molar-refractivity contribution is -0.136. The summed E-state index contributed by atoms with van der Waals surface area (Å²) in [6.45, 7) is 3.05. The summed E-state index contributed by atoms with van der Waals surface area (Å²) in [4.78, 5) is 75.3. The van der Waals surface area contributed by atoms with E-state index in [0.717, 1.165) is 47.7 Å². The number of rotatable bonds is 11. The quantitative estimate of drug-likeness (QED) is 0.161. The Labute approximate surface area is 275 Å². The fourth-order valence-corrected chi connectivity index (χ4v) is 6.70. The first-order valence-electron chi connectivity index (χ1n) is 16.3. The Morgan fingerprint density at radius 1 is 0.917 bits per heavy atom.